The van der Waals surface area contributed by atoms with Gasteiger partial charge in [-0.2, -0.15) is 0 Å². The highest BCUT2D eigenvalue weighted by Gasteiger charge is 2.49. The number of ether oxygens (including phenoxy) is 2. The summed E-state index contributed by atoms with van der Waals surface area (Å²) in [7, 11) is 0. The van der Waals surface area contributed by atoms with Crippen molar-refractivity contribution in [1.29, 1.82) is 0 Å². The van der Waals surface area contributed by atoms with Gasteiger partial charge in [0.25, 0.3) is 0 Å². The molecule has 0 spiro atoms. The molecule has 152 valence electrons. The Morgan fingerprint density at radius 2 is 1.70 bits per heavy atom. The minimum absolute atomic E-state index is 0.0544. The minimum Gasteiger partial charge on any atom is -0.507 e. The second kappa shape index (κ2) is 6.90. The van der Waals surface area contributed by atoms with Crippen LogP contribution in [-0.4, -0.2) is 61.8 Å². The summed E-state index contributed by atoms with van der Waals surface area (Å²) in [5.41, 5.74) is 2.92. The van der Waals surface area contributed by atoms with Gasteiger partial charge in [0, 0.05) is 12.0 Å². The Morgan fingerprint density at radius 1 is 1.04 bits per heavy atom. The summed E-state index contributed by atoms with van der Waals surface area (Å²) < 4.78 is 11.6. The average molecular weight is 382 g/mol. The molecule has 27 heavy (non-hydrogen) atoms. The maximum atomic E-state index is 10.6. The highest BCUT2D eigenvalue weighted by molar-refractivity contribution is 5.58. The Balaban J connectivity index is 1.78. The van der Waals surface area contributed by atoms with Crippen LogP contribution in [0.1, 0.15) is 48.4 Å². The number of benzene rings is 1. The number of phenols is 1. The van der Waals surface area contributed by atoms with Crippen LogP contribution in [0.15, 0.2) is 0 Å². The number of hydrogen-bond acceptors (Lipinski definition) is 7. The third kappa shape index (κ3) is 3.43. The lowest BCUT2D eigenvalue weighted by molar-refractivity contribution is -0.325. The Hall–Kier alpha value is -1.38. The summed E-state index contributed by atoms with van der Waals surface area (Å²) >= 11 is 0. The van der Waals surface area contributed by atoms with Gasteiger partial charge >= 0.3 is 0 Å². The molecule has 0 aliphatic carbocycles. The number of hydrogen-bond donors (Lipinski definition) is 5. The molecule has 2 heterocycles. The molecule has 1 unspecified atom stereocenters. The quantitative estimate of drug-likeness (QED) is 0.529. The van der Waals surface area contributed by atoms with Crippen LogP contribution in [0.3, 0.4) is 0 Å². The molecule has 5 atom stereocenters. The van der Waals surface area contributed by atoms with Gasteiger partial charge in [-0.25, -0.2) is 0 Å². The summed E-state index contributed by atoms with van der Waals surface area (Å²) in [6.45, 7) is 7.35. The second-order valence-corrected chi connectivity index (χ2v) is 8.24. The van der Waals surface area contributed by atoms with Crippen LogP contribution in [0, 0.1) is 20.8 Å². The van der Waals surface area contributed by atoms with Crippen molar-refractivity contribution >= 4 is 0 Å². The molecule has 0 bridgehead atoms. The van der Waals surface area contributed by atoms with Gasteiger partial charge in [-0.05, 0) is 63.6 Å². The Kier molecular flexibility index (Phi) is 5.20. The van der Waals surface area contributed by atoms with Gasteiger partial charge < -0.3 is 35.0 Å². The van der Waals surface area contributed by atoms with Gasteiger partial charge in [0.2, 0.25) is 0 Å². The molecule has 1 saturated heterocycles. The standard InChI is InChI=1S/C20H30O7/c1-10-11(2)17-13(12(3)15(10)22)5-6-19(4,27-17)7-8-20(25)18(24)16(23)14(21)9-26-20/h14,16,18,21-25H,5-9H2,1-4H3/t14-,16-,18+,19?,20+/m1/s1. The zero-order chi connectivity index (χ0) is 20.1. The number of rotatable bonds is 3. The SMILES string of the molecule is Cc1c(C)c2c(c(C)c1O)CCC(C)(CC[C@]1(O)OC[C@@H](O)[C@@H](O)[C@@H]1O)O2. The van der Waals surface area contributed by atoms with Crippen LogP contribution >= 0.6 is 0 Å². The van der Waals surface area contributed by atoms with Gasteiger partial charge in [-0.3, -0.25) is 0 Å². The fourth-order valence-electron chi connectivity index (χ4n) is 4.03. The molecule has 7 nitrogen and oxygen atoms in total. The molecule has 1 fully saturated rings. The van der Waals surface area contributed by atoms with Crippen LogP contribution in [-0.2, 0) is 11.2 Å². The third-order valence-electron chi connectivity index (χ3n) is 6.29. The summed E-state index contributed by atoms with van der Waals surface area (Å²) in [5.74, 6) is -0.857. The molecule has 2 aliphatic heterocycles. The molecule has 5 N–H and O–H groups in total. The molecule has 0 aromatic heterocycles. The maximum Gasteiger partial charge on any atom is 0.194 e. The zero-order valence-electron chi connectivity index (χ0n) is 16.3. The highest BCUT2D eigenvalue weighted by Crippen LogP contribution is 2.45. The van der Waals surface area contributed by atoms with E-state index in [2.05, 4.69) is 0 Å². The molecule has 0 radical (unpaired) electrons. The summed E-state index contributed by atoms with van der Waals surface area (Å²) in [4.78, 5) is 0. The predicted octanol–water partition coefficient (Wildman–Crippen LogP) is 0.983. The van der Waals surface area contributed by atoms with Crippen LogP contribution in [0.4, 0.5) is 0 Å². The number of aliphatic hydroxyl groups is 4. The predicted molar refractivity (Wildman–Crippen MR) is 97.8 cm³/mol. The number of phenolic OH excluding ortho intramolecular Hbond substituents is 1. The van der Waals surface area contributed by atoms with E-state index in [-0.39, 0.29) is 13.0 Å². The van der Waals surface area contributed by atoms with E-state index in [4.69, 9.17) is 9.47 Å². The van der Waals surface area contributed by atoms with Crippen molar-refractivity contribution in [1.82, 2.24) is 0 Å². The topological polar surface area (TPSA) is 120 Å². The van der Waals surface area contributed by atoms with E-state index in [1.54, 1.807) is 0 Å². The average Bonchev–Trinajstić information content (AvgIpc) is 2.65. The summed E-state index contributed by atoms with van der Waals surface area (Å²) in [6.07, 6.45) is -2.42. The van der Waals surface area contributed by atoms with Crippen molar-refractivity contribution in [2.24, 2.45) is 0 Å². The summed E-state index contributed by atoms with van der Waals surface area (Å²) in [6, 6.07) is 0. The van der Waals surface area contributed by atoms with Crippen molar-refractivity contribution in [3.05, 3.63) is 22.3 Å². The van der Waals surface area contributed by atoms with Crippen molar-refractivity contribution in [3.63, 3.8) is 0 Å². The molecule has 1 aromatic rings. The van der Waals surface area contributed by atoms with Crippen LogP contribution in [0.25, 0.3) is 0 Å². The van der Waals surface area contributed by atoms with Crippen molar-refractivity contribution < 1.29 is 35.0 Å². The Morgan fingerprint density at radius 3 is 2.37 bits per heavy atom. The van der Waals surface area contributed by atoms with Crippen molar-refractivity contribution in [3.8, 4) is 11.5 Å². The van der Waals surface area contributed by atoms with E-state index in [0.29, 0.717) is 18.6 Å². The van der Waals surface area contributed by atoms with Crippen LogP contribution in [0.5, 0.6) is 11.5 Å². The first-order valence-electron chi connectivity index (χ1n) is 9.40. The van der Waals surface area contributed by atoms with E-state index in [0.717, 1.165) is 34.4 Å². The maximum absolute atomic E-state index is 10.6. The van der Waals surface area contributed by atoms with Gasteiger partial charge in [0.1, 0.15) is 35.4 Å². The normalized spacial score (nSPS) is 36.2. The second-order valence-electron chi connectivity index (χ2n) is 8.24. The summed E-state index contributed by atoms with van der Waals surface area (Å²) in [5, 5.41) is 50.4. The van der Waals surface area contributed by atoms with Gasteiger partial charge in [0.05, 0.1) is 6.61 Å². The van der Waals surface area contributed by atoms with Crippen LogP contribution < -0.4 is 4.74 Å². The van der Waals surface area contributed by atoms with Crippen molar-refractivity contribution in [2.75, 3.05) is 6.61 Å². The number of aliphatic hydroxyl groups excluding tert-OH is 3. The molecule has 0 amide bonds. The van der Waals surface area contributed by atoms with Gasteiger partial charge in [-0.15, -0.1) is 0 Å². The lowest BCUT2D eigenvalue weighted by Gasteiger charge is -2.44. The fourth-order valence-corrected chi connectivity index (χ4v) is 4.03. The minimum atomic E-state index is -1.93. The van der Waals surface area contributed by atoms with Crippen molar-refractivity contribution in [2.45, 2.75) is 83.1 Å². The Labute approximate surface area is 159 Å². The largest absolute Gasteiger partial charge is 0.507 e. The first kappa shape index (κ1) is 20.4. The lowest BCUT2D eigenvalue weighted by atomic mass is 9.82. The number of aromatic hydroxyl groups is 1. The zero-order valence-corrected chi connectivity index (χ0v) is 16.3. The fraction of sp³-hybridized carbons (Fsp3) is 0.700. The lowest BCUT2D eigenvalue weighted by Crippen LogP contribution is -2.61. The molecule has 1 aromatic carbocycles. The monoisotopic (exact) mass is 382 g/mol. The molecular formula is C20H30O7. The van der Waals surface area contributed by atoms with Gasteiger partial charge in [-0.1, -0.05) is 0 Å². The van der Waals surface area contributed by atoms with Gasteiger partial charge in [0.15, 0.2) is 5.79 Å². The first-order chi connectivity index (χ1) is 12.5. The molecule has 3 rings (SSSR count). The van der Waals surface area contributed by atoms with E-state index >= 15 is 0 Å². The van der Waals surface area contributed by atoms with E-state index < -0.39 is 29.7 Å². The molecule has 7 heteroatoms. The molecule has 0 saturated carbocycles. The van der Waals surface area contributed by atoms with Crippen LogP contribution in [0.2, 0.25) is 0 Å². The number of fused-ring (bicyclic) bond motifs is 1. The van der Waals surface area contributed by atoms with E-state index in [9.17, 15) is 25.5 Å². The first-order valence-corrected chi connectivity index (χ1v) is 9.40. The van der Waals surface area contributed by atoms with E-state index in [1.807, 2.05) is 27.7 Å². The Bertz CT molecular complexity index is 734. The smallest absolute Gasteiger partial charge is 0.194 e. The highest BCUT2D eigenvalue weighted by atomic mass is 16.6. The third-order valence-corrected chi connectivity index (χ3v) is 6.29. The van der Waals surface area contributed by atoms with E-state index in [1.165, 1.54) is 0 Å². The molecular weight excluding hydrogens is 352 g/mol. The molecule has 2 aliphatic rings.